The SMILES string of the molecule is CSCC(CCO)NC(=O)c1cc(C)ccc1N1CCCC1. The molecule has 1 fully saturated rings. The second kappa shape index (κ2) is 8.44. The van der Waals surface area contributed by atoms with Gasteiger partial charge in [0, 0.05) is 37.2 Å². The largest absolute Gasteiger partial charge is 0.396 e. The molecule has 1 aromatic rings. The summed E-state index contributed by atoms with van der Waals surface area (Å²) in [5.74, 6) is 0.787. The number of amides is 1. The average Bonchev–Trinajstić information content (AvgIpc) is 3.01. The predicted octanol–water partition coefficient (Wildman–Crippen LogP) is 2.44. The summed E-state index contributed by atoms with van der Waals surface area (Å²) in [5.41, 5.74) is 2.88. The number of aliphatic hydroxyl groups excluding tert-OH is 1. The summed E-state index contributed by atoms with van der Waals surface area (Å²) < 4.78 is 0. The van der Waals surface area contributed by atoms with E-state index in [4.69, 9.17) is 5.11 Å². The van der Waals surface area contributed by atoms with Crippen molar-refractivity contribution in [2.24, 2.45) is 0 Å². The lowest BCUT2D eigenvalue weighted by atomic mass is 10.1. The fourth-order valence-electron chi connectivity index (χ4n) is 2.88. The maximum absolute atomic E-state index is 12.7. The number of aryl methyl sites for hydroxylation is 1. The number of hydrogen-bond donors (Lipinski definition) is 2. The van der Waals surface area contributed by atoms with Crippen LogP contribution in [0.1, 0.15) is 35.2 Å². The zero-order valence-electron chi connectivity index (χ0n) is 13.5. The Hall–Kier alpha value is -1.20. The minimum Gasteiger partial charge on any atom is -0.396 e. The molecule has 1 aliphatic heterocycles. The Bertz CT molecular complexity index is 495. The average molecular weight is 322 g/mol. The van der Waals surface area contributed by atoms with Gasteiger partial charge in [-0.1, -0.05) is 11.6 Å². The third kappa shape index (κ3) is 4.40. The van der Waals surface area contributed by atoms with Crippen LogP contribution in [0.3, 0.4) is 0 Å². The van der Waals surface area contributed by atoms with Crippen LogP contribution < -0.4 is 10.2 Å². The van der Waals surface area contributed by atoms with Crippen LogP contribution in [0.5, 0.6) is 0 Å². The Morgan fingerprint density at radius 1 is 1.41 bits per heavy atom. The molecule has 0 saturated carbocycles. The first-order valence-electron chi connectivity index (χ1n) is 7.92. The van der Waals surface area contributed by atoms with E-state index in [1.807, 2.05) is 19.2 Å². The highest BCUT2D eigenvalue weighted by Gasteiger charge is 2.21. The normalized spacial score (nSPS) is 15.9. The van der Waals surface area contributed by atoms with Crippen molar-refractivity contribution in [1.82, 2.24) is 5.32 Å². The molecule has 0 radical (unpaired) electrons. The van der Waals surface area contributed by atoms with Gasteiger partial charge in [0.1, 0.15) is 0 Å². The fraction of sp³-hybridized carbons (Fsp3) is 0.588. The van der Waals surface area contributed by atoms with Crippen LogP contribution in [-0.2, 0) is 0 Å². The van der Waals surface area contributed by atoms with Crippen molar-refractivity contribution in [3.8, 4) is 0 Å². The number of carbonyl (C=O) groups excluding carboxylic acids is 1. The Labute approximate surface area is 137 Å². The molecule has 1 amide bonds. The molecule has 22 heavy (non-hydrogen) atoms. The molecule has 5 heteroatoms. The first-order valence-corrected chi connectivity index (χ1v) is 9.31. The molecule has 4 nitrogen and oxygen atoms in total. The van der Waals surface area contributed by atoms with Crippen molar-refractivity contribution in [2.45, 2.75) is 32.2 Å². The van der Waals surface area contributed by atoms with Gasteiger partial charge in [0.25, 0.3) is 5.91 Å². The zero-order chi connectivity index (χ0) is 15.9. The molecule has 1 atom stereocenters. The molecule has 1 unspecified atom stereocenters. The van der Waals surface area contributed by atoms with Gasteiger partial charge in [-0.25, -0.2) is 0 Å². The summed E-state index contributed by atoms with van der Waals surface area (Å²) in [6, 6.07) is 6.11. The number of aliphatic hydroxyl groups is 1. The number of carbonyl (C=O) groups is 1. The van der Waals surface area contributed by atoms with Gasteiger partial charge in [-0.2, -0.15) is 11.8 Å². The van der Waals surface area contributed by atoms with Crippen molar-refractivity contribution in [3.63, 3.8) is 0 Å². The maximum atomic E-state index is 12.7. The molecule has 0 bridgehead atoms. The lowest BCUT2D eigenvalue weighted by molar-refractivity contribution is 0.0935. The van der Waals surface area contributed by atoms with Gasteiger partial charge in [0.2, 0.25) is 0 Å². The lowest BCUT2D eigenvalue weighted by Gasteiger charge is -2.23. The summed E-state index contributed by atoms with van der Waals surface area (Å²) in [4.78, 5) is 15.0. The topological polar surface area (TPSA) is 52.6 Å². The summed E-state index contributed by atoms with van der Waals surface area (Å²) in [5, 5.41) is 12.2. The first-order chi connectivity index (χ1) is 10.7. The summed E-state index contributed by atoms with van der Waals surface area (Å²) in [7, 11) is 0. The predicted molar refractivity (Wildman–Crippen MR) is 94.0 cm³/mol. The number of hydrogen-bond acceptors (Lipinski definition) is 4. The minimum atomic E-state index is -0.0295. The van der Waals surface area contributed by atoms with E-state index in [1.54, 1.807) is 11.8 Å². The van der Waals surface area contributed by atoms with E-state index in [2.05, 4.69) is 22.3 Å². The van der Waals surface area contributed by atoms with Crippen LogP contribution in [0.2, 0.25) is 0 Å². The van der Waals surface area contributed by atoms with Gasteiger partial charge < -0.3 is 15.3 Å². The third-order valence-electron chi connectivity index (χ3n) is 4.02. The van der Waals surface area contributed by atoms with Gasteiger partial charge in [0.05, 0.1) is 5.56 Å². The zero-order valence-corrected chi connectivity index (χ0v) is 14.3. The fourth-order valence-corrected chi connectivity index (χ4v) is 3.54. The molecule has 1 aliphatic rings. The van der Waals surface area contributed by atoms with E-state index >= 15 is 0 Å². The highest BCUT2D eigenvalue weighted by molar-refractivity contribution is 7.98. The van der Waals surface area contributed by atoms with Gasteiger partial charge in [-0.3, -0.25) is 4.79 Å². The smallest absolute Gasteiger partial charge is 0.253 e. The van der Waals surface area contributed by atoms with E-state index in [-0.39, 0.29) is 18.6 Å². The van der Waals surface area contributed by atoms with Crippen molar-refractivity contribution in [1.29, 1.82) is 0 Å². The second-order valence-corrected chi connectivity index (χ2v) is 6.76. The highest BCUT2D eigenvalue weighted by atomic mass is 32.2. The van der Waals surface area contributed by atoms with Crippen LogP contribution in [0.4, 0.5) is 5.69 Å². The molecular weight excluding hydrogens is 296 g/mol. The molecule has 0 spiro atoms. The molecule has 1 saturated heterocycles. The van der Waals surface area contributed by atoms with Crippen LogP contribution in [0.15, 0.2) is 18.2 Å². The molecular formula is C17H26N2O2S. The van der Waals surface area contributed by atoms with Gasteiger partial charge in [0.15, 0.2) is 0 Å². The van der Waals surface area contributed by atoms with E-state index in [0.717, 1.165) is 35.7 Å². The second-order valence-electron chi connectivity index (χ2n) is 5.85. The summed E-state index contributed by atoms with van der Waals surface area (Å²) in [6.45, 7) is 4.15. The molecule has 1 aromatic carbocycles. The Balaban J connectivity index is 2.18. The standard InChI is InChI=1S/C17H26N2O2S/c1-13-5-6-16(19-8-3-4-9-19)15(11-13)17(21)18-14(7-10-20)12-22-2/h5-6,11,14,20H,3-4,7-10,12H2,1-2H3,(H,18,21). The molecule has 0 aromatic heterocycles. The minimum absolute atomic E-state index is 0.0134. The number of benzene rings is 1. The number of nitrogens with zero attached hydrogens (tertiary/aromatic N) is 1. The van der Waals surface area contributed by atoms with E-state index in [1.165, 1.54) is 12.8 Å². The molecule has 1 heterocycles. The Morgan fingerprint density at radius 3 is 2.77 bits per heavy atom. The number of nitrogens with one attached hydrogen (secondary N) is 1. The van der Waals surface area contributed by atoms with Gasteiger partial charge in [-0.15, -0.1) is 0 Å². The van der Waals surface area contributed by atoms with Crippen molar-refractivity contribution in [2.75, 3.05) is 36.6 Å². The van der Waals surface area contributed by atoms with Crippen LogP contribution in [0.25, 0.3) is 0 Å². The lowest BCUT2D eigenvalue weighted by Crippen LogP contribution is -2.38. The Morgan fingerprint density at radius 2 is 2.14 bits per heavy atom. The summed E-state index contributed by atoms with van der Waals surface area (Å²) >= 11 is 1.68. The quantitative estimate of drug-likeness (QED) is 0.809. The van der Waals surface area contributed by atoms with E-state index < -0.39 is 0 Å². The van der Waals surface area contributed by atoms with Crippen LogP contribution in [-0.4, -0.2) is 48.8 Å². The Kier molecular flexibility index (Phi) is 6.58. The number of rotatable bonds is 7. The van der Waals surface area contributed by atoms with Gasteiger partial charge >= 0.3 is 0 Å². The number of thioether (sulfide) groups is 1. The van der Waals surface area contributed by atoms with Crippen LogP contribution in [0, 0.1) is 6.92 Å². The third-order valence-corrected chi connectivity index (χ3v) is 4.76. The molecule has 2 rings (SSSR count). The maximum Gasteiger partial charge on any atom is 0.253 e. The van der Waals surface area contributed by atoms with Crippen molar-refractivity contribution >= 4 is 23.4 Å². The molecule has 2 N–H and O–H groups in total. The van der Waals surface area contributed by atoms with Gasteiger partial charge in [-0.05, 0) is 44.6 Å². The van der Waals surface area contributed by atoms with Crippen molar-refractivity contribution in [3.05, 3.63) is 29.3 Å². The summed E-state index contributed by atoms with van der Waals surface area (Å²) in [6.07, 6.45) is 4.99. The van der Waals surface area contributed by atoms with E-state index in [9.17, 15) is 4.79 Å². The van der Waals surface area contributed by atoms with E-state index in [0.29, 0.717) is 6.42 Å². The van der Waals surface area contributed by atoms with Crippen molar-refractivity contribution < 1.29 is 9.90 Å². The molecule has 122 valence electrons. The van der Waals surface area contributed by atoms with Crippen LogP contribution >= 0.6 is 11.8 Å². The highest BCUT2D eigenvalue weighted by Crippen LogP contribution is 2.26. The number of anilines is 1. The monoisotopic (exact) mass is 322 g/mol. The molecule has 0 aliphatic carbocycles. The first kappa shape index (κ1) is 17.2.